The molecule has 0 saturated heterocycles. The molecule has 2 N–H and O–H groups in total. The van der Waals surface area contributed by atoms with Crippen molar-refractivity contribution < 1.29 is 23.8 Å². The Hall–Kier alpha value is -2.24. The molecule has 0 radical (unpaired) electrons. The maximum atomic E-state index is 11.3. The van der Waals surface area contributed by atoms with Gasteiger partial charge in [-0.2, -0.15) is 0 Å². The molecular weight excluding hydrogens is 262 g/mol. The standard InChI is InChI=1S/C14H19NO5/c1-2-3-8-18-13(16)10-20-14(17)9-19-12-6-4-11(15)5-7-12/h4-7H,2-3,8-10,15H2,1H3. The molecule has 1 aromatic rings. The Morgan fingerprint density at radius 3 is 2.35 bits per heavy atom. The summed E-state index contributed by atoms with van der Waals surface area (Å²) in [4.78, 5) is 22.5. The number of nitrogen functional groups attached to an aromatic ring is 1. The highest BCUT2D eigenvalue weighted by atomic mass is 16.6. The number of benzene rings is 1. The maximum Gasteiger partial charge on any atom is 0.344 e. The monoisotopic (exact) mass is 281 g/mol. The van der Waals surface area contributed by atoms with E-state index in [2.05, 4.69) is 0 Å². The topological polar surface area (TPSA) is 87.8 Å². The Kier molecular flexibility index (Phi) is 6.95. The largest absolute Gasteiger partial charge is 0.482 e. The molecule has 1 aromatic carbocycles. The zero-order valence-corrected chi connectivity index (χ0v) is 11.5. The number of hydrogen-bond acceptors (Lipinski definition) is 6. The normalized spacial score (nSPS) is 9.85. The highest BCUT2D eigenvalue weighted by Gasteiger charge is 2.09. The van der Waals surface area contributed by atoms with Gasteiger partial charge in [0, 0.05) is 5.69 Å². The second-order valence-corrected chi connectivity index (χ2v) is 4.09. The van der Waals surface area contributed by atoms with Crippen molar-refractivity contribution in [1.29, 1.82) is 0 Å². The predicted molar refractivity (Wildman–Crippen MR) is 73.2 cm³/mol. The molecule has 0 amide bonds. The molecule has 0 saturated carbocycles. The number of esters is 2. The minimum atomic E-state index is -0.630. The zero-order valence-electron chi connectivity index (χ0n) is 11.5. The Morgan fingerprint density at radius 2 is 1.70 bits per heavy atom. The number of carbonyl (C=O) groups excluding carboxylic acids is 2. The first-order chi connectivity index (χ1) is 9.61. The molecule has 6 nitrogen and oxygen atoms in total. The zero-order chi connectivity index (χ0) is 14.8. The van der Waals surface area contributed by atoms with Crippen LogP contribution in [0.25, 0.3) is 0 Å². The van der Waals surface area contributed by atoms with Gasteiger partial charge < -0.3 is 19.9 Å². The fourth-order valence-corrected chi connectivity index (χ4v) is 1.26. The van der Waals surface area contributed by atoms with Crippen molar-refractivity contribution in [3.05, 3.63) is 24.3 Å². The highest BCUT2D eigenvalue weighted by molar-refractivity contribution is 5.77. The van der Waals surface area contributed by atoms with Crippen LogP contribution in [0.3, 0.4) is 0 Å². The lowest BCUT2D eigenvalue weighted by Gasteiger charge is -2.07. The molecule has 110 valence electrons. The van der Waals surface area contributed by atoms with Crippen LogP contribution in [0.15, 0.2) is 24.3 Å². The summed E-state index contributed by atoms with van der Waals surface area (Å²) >= 11 is 0. The Morgan fingerprint density at radius 1 is 1.05 bits per heavy atom. The molecule has 0 heterocycles. The van der Waals surface area contributed by atoms with Gasteiger partial charge >= 0.3 is 11.9 Å². The Balaban J connectivity index is 2.17. The van der Waals surface area contributed by atoms with Gasteiger partial charge in [0.25, 0.3) is 0 Å². The van der Waals surface area contributed by atoms with Crippen LogP contribution in [0, 0.1) is 0 Å². The van der Waals surface area contributed by atoms with Gasteiger partial charge in [-0.25, -0.2) is 9.59 Å². The number of anilines is 1. The van der Waals surface area contributed by atoms with E-state index in [4.69, 9.17) is 19.9 Å². The summed E-state index contributed by atoms with van der Waals surface area (Å²) in [5, 5.41) is 0. The molecule has 0 aromatic heterocycles. The van der Waals surface area contributed by atoms with Gasteiger partial charge in [0.05, 0.1) is 6.61 Å². The quantitative estimate of drug-likeness (QED) is 0.442. The lowest BCUT2D eigenvalue weighted by molar-refractivity contribution is -0.159. The lowest BCUT2D eigenvalue weighted by Crippen LogP contribution is -2.21. The van der Waals surface area contributed by atoms with Crippen molar-refractivity contribution >= 4 is 17.6 Å². The highest BCUT2D eigenvalue weighted by Crippen LogP contribution is 2.12. The van der Waals surface area contributed by atoms with Crippen molar-refractivity contribution in [1.82, 2.24) is 0 Å². The molecular formula is C14H19NO5. The van der Waals surface area contributed by atoms with E-state index in [1.165, 1.54) is 0 Å². The SMILES string of the molecule is CCCCOC(=O)COC(=O)COc1ccc(N)cc1. The summed E-state index contributed by atoms with van der Waals surface area (Å²) in [6.07, 6.45) is 1.72. The van der Waals surface area contributed by atoms with Crippen molar-refractivity contribution in [2.24, 2.45) is 0 Å². The molecule has 0 aliphatic rings. The van der Waals surface area contributed by atoms with Crippen LogP contribution < -0.4 is 10.5 Å². The molecule has 0 aliphatic carbocycles. The van der Waals surface area contributed by atoms with Crippen LogP contribution in [-0.4, -0.2) is 31.8 Å². The van der Waals surface area contributed by atoms with Gasteiger partial charge in [-0.1, -0.05) is 13.3 Å². The molecule has 0 bridgehead atoms. The second-order valence-electron chi connectivity index (χ2n) is 4.09. The average Bonchev–Trinajstić information content (AvgIpc) is 2.45. The van der Waals surface area contributed by atoms with Crippen LogP contribution in [0.1, 0.15) is 19.8 Å². The van der Waals surface area contributed by atoms with Gasteiger partial charge in [0.1, 0.15) is 5.75 Å². The second kappa shape index (κ2) is 8.79. The van der Waals surface area contributed by atoms with E-state index in [1.807, 2.05) is 6.92 Å². The van der Waals surface area contributed by atoms with Gasteiger partial charge in [-0.05, 0) is 30.7 Å². The van der Waals surface area contributed by atoms with Gasteiger partial charge in [0.2, 0.25) is 0 Å². The lowest BCUT2D eigenvalue weighted by atomic mass is 10.3. The average molecular weight is 281 g/mol. The first-order valence-corrected chi connectivity index (χ1v) is 6.41. The fourth-order valence-electron chi connectivity index (χ4n) is 1.26. The van der Waals surface area contributed by atoms with Crippen LogP contribution >= 0.6 is 0 Å². The summed E-state index contributed by atoms with van der Waals surface area (Å²) < 4.78 is 14.7. The summed E-state index contributed by atoms with van der Waals surface area (Å²) in [6, 6.07) is 6.60. The first kappa shape index (κ1) is 15.8. The van der Waals surface area contributed by atoms with Crippen molar-refractivity contribution in [2.45, 2.75) is 19.8 Å². The molecule has 1 rings (SSSR count). The number of nitrogens with two attached hydrogens (primary N) is 1. The summed E-state index contributed by atoms with van der Waals surface area (Å²) in [6.45, 7) is 1.66. The number of carbonyl (C=O) groups is 2. The predicted octanol–water partition coefficient (Wildman–Crippen LogP) is 1.53. The van der Waals surface area contributed by atoms with E-state index < -0.39 is 18.5 Å². The molecule has 0 aliphatic heterocycles. The van der Waals surface area contributed by atoms with E-state index in [1.54, 1.807) is 24.3 Å². The van der Waals surface area contributed by atoms with Gasteiger partial charge in [-0.3, -0.25) is 0 Å². The van der Waals surface area contributed by atoms with Crippen LogP contribution in [-0.2, 0) is 19.1 Å². The minimum absolute atomic E-state index is 0.272. The Bertz CT molecular complexity index is 430. The third-order valence-corrected chi connectivity index (χ3v) is 2.35. The van der Waals surface area contributed by atoms with E-state index in [0.717, 1.165) is 12.8 Å². The van der Waals surface area contributed by atoms with Crippen LogP contribution in [0.2, 0.25) is 0 Å². The molecule has 20 heavy (non-hydrogen) atoms. The third kappa shape index (κ3) is 6.63. The van der Waals surface area contributed by atoms with E-state index in [9.17, 15) is 9.59 Å². The first-order valence-electron chi connectivity index (χ1n) is 6.41. The summed E-state index contributed by atoms with van der Waals surface area (Å²) in [5.41, 5.74) is 6.12. The molecule has 6 heteroatoms. The maximum absolute atomic E-state index is 11.3. The minimum Gasteiger partial charge on any atom is -0.482 e. The van der Waals surface area contributed by atoms with Gasteiger partial charge in [0.15, 0.2) is 13.2 Å². The van der Waals surface area contributed by atoms with Gasteiger partial charge in [-0.15, -0.1) is 0 Å². The molecule has 0 unspecified atom stereocenters. The number of unbranched alkanes of at least 4 members (excludes halogenated alkanes) is 1. The smallest absolute Gasteiger partial charge is 0.344 e. The number of hydrogen-bond donors (Lipinski definition) is 1. The van der Waals surface area contributed by atoms with Crippen LogP contribution in [0.4, 0.5) is 5.69 Å². The van der Waals surface area contributed by atoms with Crippen molar-refractivity contribution in [3.8, 4) is 5.75 Å². The van der Waals surface area contributed by atoms with Crippen molar-refractivity contribution in [3.63, 3.8) is 0 Å². The summed E-state index contributed by atoms with van der Waals surface area (Å²) in [5.74, 6) is -0.685. The van der Waals surface area contributed by atoms with Crippen LogP contribution in [0.5, 0.6) is 5.75 Å². The number of rotatable bonds is 8. The van der Waals surface area contributed by atoms with E-state index in [-0.39, 0.29) is 6.61 Å². The van der Waals surface area contributed by atoms with Crippen molar-refractivity contribution in [2.75, 3.05) is 25.6 Å². The molecule has 0 spiro atoms. The molecule has 0 fully saturated rings. The third-order valence-electron chi connectivity index (χ3n) is 2.35. The molecule has 0 atom stereocenters. The summed E-state index contributed by atoms with van der Waals surface area (Å²) in [7, 11) is 0. The van der Waals surface area contributed by atoms with E-state index in [0.29, 0.717) is 18.0 Å². The fraction of sp³-hybridized carbons (Fsp3) is 0.429. The Labute approximate surface area is 117 Å². The number of ether oxygens (including phenoxy) is 3. The van der Waals surface area contributed by atoms with E-state index >= 15 is 0 Å².